The van der Waals surface area contributed by atoms with Crippen LogP contribution in [0.3, 0.4) is 0 Å². The van der Waals surface area contributed by atoms with Crippen LogP contribution < -0.4 is 15.4 Å². The average molecular weight is 401 g/mol. The molecule has 4 rings (SSSR count). The lowest BCUT2D eigenvalue weighted by molar-refractivity contribution is 0.306. The number of hydrogen-bond donors (Lipinski definition) is 2. The molecule has 2 unspecified atom stereocenters. The van der Waals surface area contributed by atoms with Gasteiger partial charge in [-0.05, 0) is 54.7 Å². The van der Waals surface area contributed by atoms with Crippen molar-refractivity contribution in [3.05, 3.63) is 64.1 Å². The van der Waals surface area contributed by atoms with Crippen molar-refractivity contribution < 1.29 is 4.74 Å². The van der Waals surface area contributed by atoms with Gasteiger partial charge < -0.3 is 15.4 Å². The van der Waals surface area contributed by atoms with E-state index in [2.05, 4.69) is 63.0 Å². The molecule has 2 aromatic carbocycles. The van der Waals surface area contributed by atoms with Gasteiger partial charge in [-0.15, -0.1) is 0 Å². The normalized spacial score (nSPS) is 22.0. The summed E-state index contributed by atoms with van der Waals surface area (Å²) in [5, 5.41) is 7.21. The zero-order chi connectivity index (χ0) is 17.1. The molecule has 2 fully saturated rings. The highest BCUT2D eigenvalue weighted by Gasteiger charge is 2.37. The highest BCUT2D eigenvalue weighted by molar-refractivity contribution is 9.10. The van der Waals surface area contributed by atoms with Crippen molar-refractivity contribution in [1.82, 2.24) is 10.6 Å². The van der Waals surface area contributed by atoms with Crippen molar-refractivity contribution in [3.8, 4) is 5.75 Å². The standard InChI is InChI=1S/C21H25BrN2O/c22-17-3-1-2-15(12-17)14-25-19-8-4-16(5-9-19)20-13-21(20)24-11-10-23-18-6-7-18/h1-5,8-9,12,18,20-21,23-24H,6-7,10-11,13-14H2. The van der Waals surface area contributed by atoms with Crippen molar-refractivity contribution in [2.24, 2.45) is 0 Å². The number of nitrogens with one attached hydrogen (secondary N) is 2. The summed E-state index contributed by atoms with van der Waals surface area (Å²) >= 11 is 3.49. The maximum atomic E-state index is 5.89. The first-order chi connectivity index (χ1) is 12.3. The van der Waals surface area contributed by atoms with Crippen LogP contribution in [-0.2, 0) is 6.61 Å². The molecule has 0 heterocycles. The summed E-state index contributed by atoms with van der Waals surface area (Å²) in [7, 11) is 0. The molecule has 0 aromatic heterocycles. The first-order valence-corrected chi connectivity index (χ1v) is 10.0. The van der Waals surface area contributed by atoms with Crippen LogP contribution in [0.1, 0.15) is 36.3 Å². The van der Waals surface area contributed by atoms with Gasteiger partial charge in [0.25, 0.3) is 0 Å². The summed E-state index contributed by atoms with van der Waals surface area (Å²) < 4.78 is 6.98. The quantitative estimate of drug-likeness (QED) is 0.618. The Hall–Kier alpha value is -1.36. The molecule has 2 aliphatic carbocycles. The summed E-state index contributed by atoms with van der Waals surface area (Å²) in [5.74, 6) is 1.60. The molecule has 2 N–H and O–H groups in total. The summed E-state index contributed by atoms with van der Waals surface area (Å²) in [6.07, 6.45) is 3.98. The lowest BCUT2D eigenvalue weighted by atomic mass is 10.1. The third-order valence-electron chi connectivity index (χ3n) is 4.94. The lowest BCUT2D eigenvalue weighted by Crippen LogP contribution is -2.30. The Bertz CT molecular complexity index is 699. The largest absolute Gasteiger partial charge is 0.489 e. The third kappa shape index (κ3) is 5.06. The van der Waals surface area contributed by atoms with Gasteiger partial charge >= 0.3 is 0 Å². The molecule has 0 bridgehead atoms. The Morgan fingerprint density at radius 1 is 1.00 bits per heavy atom. The van der Waals surface area contributed by atoms with Crippen LogP contribution in [0.4, 0.5) is 0 Å². The molecule has 2 saturated carbocycles. The Kier molecular flexibility index (Phi) is 5.39. The Morgan fingerprint density at radius 2 is 1.80 bits per heavy atom. The van der Waals surface area contributed by atoms with E-state index in [4.69, 9.17) is 4.74 Å². The molecule has 132 valence electrons. The van der Waals surface area contributed by atoms with E-state index in [1.807, 2.05) is 12.1 Å². The van der Waals surface area contributed by atoms with E-state index >= 15 is 0 Å². The van der Waals surface area contributed by atoms with Gasteiger partial charge in [-0.3, -0.25) is 0 Å². The van der Waals surface area contributed by atoms with Crippen LogP contribution in [0, 0.1) is 0 Å². The Balaban J connectivity index is 1.20. The Morgan fingerprint density at radius 3 is 2.56 bits per heavy atom. The van der Waals surface area contributed by atoms with Gasteiger partial charge in [0.2, 0.25) is 0 Å². The highest BCUT2D eigenvalue weighted by atomic mass is 79.9. The molecule has 0 radical (unpaired) electrons. The fourth-order valence-corrected chi connectivity index (χ4v) is 3.66. The van der Waals surface area contributed by atoms with E-state index in [-0.39, 0.29) is 0 Å². The molecule has 2 aromatic rings. The maximum absolute atomic E-state index is 5.89. The summed E-state index contributed by atoms with van der Waals surface area (Å²) in [6, 6.07) is 18.3. The minimum atomic E-state index is 0.598. The van der Waals surface area contributed by atoms with Gasteiger partial charge in [0.05, 0.1) is 0 Å². The first kappa shape index (κ1) is 17.1. The fourth-order valence-electron chi connectivity index (χ4n) is 3.21. The first-order valence-electron chi connectivity index (χ1n) is 9.22. The Labute approximate surface area is 158 Å². The van der Waals surface area contributed by atoms with Crippen LogP contribution in [0.2, 0.25) is 0 Å². The average Bonchev–Trinajstić information content (AvgIpc) is 3.53. The van der Waals surface area contributed by atoms with Crippen LogP contribution in [0.5, 0.6) is 5.75 Å². The molecule has 25 heavy (non-hydrogen) atoms. The molecule has 3 nitrogen and oxygen atoms in total. The second kappa shape index (κ2) is 7.90. The van der Waals surface area contributed by atoms with Gasteiger partial charge in [0.15, 0.2) is 0 Å². The summed E-state index contributed by atoms with van der Waals surface area (Å²) in [6.45, 7) is 2.77. The smallest absolute Gasteiger partial charge is 0.119 e. The molecule has 0 amide bonds. The molecule has 0 aliphatic heterocycles. The predicted octanol–water partition coefficient (Wildman–Crippen LogP) is 4.23. The lowest BCUT2D eigenvalue weighted by Gasteiger charge is -2.08. The highest BCUT2D eigenvalue weighted by Crippen LogP contribution is 2.41. The monoisotopic (exact) mass is 400 g/mol. The molecule has 0 spiro atoms. The third-order valence-corrected chi connectivity index (χ3v) is 5.43. The van der Waals surface area contributed by atoms with E-state index in [1.54, 1.807) is 0 Å². The van der Waals surface area contributed by atoms with Crippen molar-refractivity contribution >= 4 is 15.9 Å². The molecule has 2 atom stereocenters. The molecule has 0 saturated heterocycles. The van der Waals surface area contributed by atoms with Crippen molar-refractivity contribution in [2.75, 3.05) is 13.1 Å². The maximum Gasteiger partial charge on any atom is 0.119 e. The summed E-state index contributed by atoms with van der Waals surface area (Å²) in [4.78, 5) is 0. The zero-order valence-corrected chi connectivity index (χ0v) is 16.0. The second-order valence-electron chi connectivity index (χ2n) is 7.12. The van der Waals surface area contributed by atoms with Crippen molar-refractivity contribution in [2.45, 2.75) is 43.9 Å². The molecular weight excluding hydrogens is 376 g/mol. The van der Waals surface area contributed by atoms with Crippen molar-refractivity contribution in [1.29, 1.82) is 0 Å². The van der Waals surface area contributed by atoms with E-state index in [9.17, 15) is 0 Å². The minimum absolute atomic E-state index is 0.598. The van der Waals surface area contributed by atoms with Crippen molar-refractivity contribution in [3.63, 3.8) is 0 Å². The van der Waals surface area contributed by atoms with Gasteiger partial charge in [0.1, 0.15) is 12.4 Å². The minimum Gasteiger partial charge on any atom is -0.489 e. The molecule has 4 heteroatoms. The summed E-state index contributed by atoms with van der Waals surface area (Å²) in [5.41, 5.74) is 2.59. The topological polar surface area (TPSA) is 33.3 Å². The van der Waals surface area contributed by atoms with E-state index in [1.165, 1.54) is 30.4 Å². The van der Waals surface area contributed by atoms with E-state index < -0.39 is 0 Å². The molecule has 2 aliphatic rings. The van der Waals surface area contributed by atoms with Crippen LogP contribution in [0.25, 0.3) is 0 Å². The van der Waals surface area contributed by atoms with Crippen LogP contribution >= 0.6 is 15.9 Å². The van der Waals surface area contributed by atoms with E-state index in [0.29, 0.717) is 18.6 Å². The van der Waals surface area contributed by atoms with Gasteiger partial charge in [-0.1, -0.05) is 40.2 Å². The van der Waals surface area contributed by atoms with Gasteiger partial charge in [0, 0.05) is 35.6 Å². The zero-order valence-electron chi connectivity index (χ0n) is 14.4. The fraction of sp³-hybridized carbons (Fsp3) is 0.429. The van der Waals surface area contributed by atoms with Crippen LogP contribution in [0.15, 0.2) is 53.0 Å². The number of hydrogen-bond acceptors (Lipinski definition) is 3. The van der Waals surface area contributed by atoms with Crippen LogP contribution in [-0.4, -0.2) is 25.2 Å². The number of halogens is 1. The second-order valence-corrected chi connectivity index (χ2v) is 8.03. The number of rotatable bonds is 9. The van der Waals surface area contributed by atoms with E-state index in [0.717, 1.165) is 29.4 Å². The SMILES string of the molecule is Brc1cccc(COc2ccc(C3CC3NCCNC3CC3)cc2)c1. The number of ether oxygens (including phenoxy) is 1. The number of benzene rings is 2. The van der Waals surface area contributed by atoms with Gasteiger partial charge in [-0.25, -0.2) is 0 Å². The predicted molar refractivity (Wildman–Crippen MR) is 105 cm³/mol. The van der Waals surface area contributed by atoms with Gasteiger partial charge in [-0.2, -0.15) is 0 Å². The molecular formula is C21H25BrN2O.